The van der Waals surface area contributed by atoms with Crippen LogP contribution in [-0.2, 0) is 6.42 Å². The Balaban J connectivity index is 2.73. The van der Waals surface area contributed by atoms with E-state index in [0.29, 0.717) is 5.82 Å². The third-order valence-electron chi connectivity index (χ3n) is 2.19. The summed E-state index contributed by atoms with van der Waals surface area (Å²) in [4.78, 5) is 4.26. The number of allylic oxidation sites excluding steroid dienone is 1. The fourth-order valence-corrected chi connectivity index (χ4v) is 1.59. The number of para-hydroxylation sites is 1. The second-order valence-electron chi connectivity index (χ2n) is 3.22. The number of nitrogens with two attached hydrogens (primary N) is 1. The van der Waals surface area contributed by atoms with Gasteiger partial charge in [0.05, 0.1) is 5.52 Å². The maximum Gasteiger partial charge on any atom is 0.124 e. The molecular formula is C12H12N2. The van der Waals surface area contributed by atoms with Crippen molar-refractivity contribution in [1.82, 2.24) is 4.98 Å². The third-order valence-corrected chi connectivity index (χ3v) is 2.19. The molecule has 2 aromatic rings. The molecule has 0 aliphatic rings. The Labute approximate surface area is 83.1 Å². The summed E-state index contributed by atoms with van der Waals surface area (Å²) in [5.41, 5.74) is 7.84. The highest BCUT2D eigenvalue weighted by molar-refractivity contribution is 5.83. The SMILES string of the molecule is C=CCc1cc(N)nc2ccccc12. The first-order valence-electron chi connectivity index (χ1n) is 4.56. The van der Waals surface area contributed by atoms with Crippen LogP contribution in [0, 0.1) is 0 Å². The van der Waals surface area contributed by atoms with E-state index in [-0.39, 0.29) is 0 Å². The minimum Gasteiger partial charge on any atom is -0.384 e. The molecule has 0 spiro atoms. The number of hydrogen-bond acceptors (Lipinski definition) is 2. The highest BCUT2D eigenvalue weighted by atomic mass is 14.8. The molecule has 0 amide bonds. The van der Waals surface area contributed by atoms with Crippen molar-refractivity contribution in [2.75, 3.05) is 5.73 Å². The molecule has 0 atom stereocenters. The number of hydrogen-bond donors (Lipinski definition) is 1. The van der Waals surface area contributed by atoms with Gasteiger partial charge in [-0.2, -0.15) is 0 Å². The maximum absolute atomic E-state index is 5.71. The Bertz CT molecular complexity index is 475. The molecule has 1 aromatic carbocycles. The third kappa shape index (κ3) is 1.46. The van der Waals surface area contributed by atoms with Crippen molar-refractivity contribution in [1.29, 1.82) is 0 Å². The first-order chi connectivity index (χ1) is 6.81. The van der Waals surface area contributed by atoms with Gasteiger partial charge in [0.15, 0.2) is 0 Å². The van der Waals surface area contributed by atoms with Crippen LogP contribution >= 0.6 is 0 Å². The van der Waals surface area contributed by atoms with E-state index in [2.05, 4.69) is 17.6 Å². The molecule has 0 radical (unpaired) electrons. The second-order valence-corrected chi connectivity index (χ2v) is 3.22. The molecule has 2 rings (SSSR count). The Morgan fingerprint density at radius 1 is 1.36 bits per heavy atom. The second kappa shape index (κ2) is 3.50. The van der Waals surface area contributed by atoms with Gasteiger partial charge < -0.3 is 5.73 Å². The monoisotopic (exact) mass is 184 g/mol. The van der Waals surface area contributed by atoms with Crippen molar-refractivity contribution in [3.8, 4) is 0 Å². The summed E-state index contributed by atoms with van der Waals surface area (Å²) in [6.07, 6.45) is 2.70. The van der Waals surface area contributed by atoms with Gasteiger partial charge in [-0.15, -0.1) is 6.58 Å². The molecule has 2 nitrogen and oxygen atoms in total. The van der Waals surface area contributed by atoms with E-state index >= 15 is 0 Å². The van der Waals surface area contributed by atoms with Crippen LogP contribution in [0.4, 0.5) is 5.82 Å². The van der Waals surface area contributed by atoms with Crippen LogP contribution in [0.25, 0.3) is 10.9 Å². The Kier molecular flexibility index (Phi) is 2.19. The van der Waals surface area contributed by atoms with Gasteiger partial charge in [0.2, 0.25) is 0 Å². The van der Waals surface area contributed by atoms with Crippen LogP contribution in [0.2, 0.25) is 0 Å². The first-order valence-corrected chi connectivity index (χ1v) is 4.56. The van der Waals surface area contributed by atoms with E-state index in [1.165, 1.54) is 5.56 Å². The Morgan fingerprint density at radius 2 is 2.14 bits per heavy atom. The molecule has 70 valence electrons. The van der Waals surface area contributed by atoms with E-state index in [4.69, 9.17) is 5.73 Å². The van der Waals surface area contributed by atoms with Gasteiger partial charge in [-0.3, -0.25) is 0 Å². The lowest BCUT2D eigenvalue weighted by Gasteiger charge is -2.04. The lowest BCUT2D eigenvalue weighted by molar-refractivity contribution is 1.28. The average molecular weight is 184 g/mol. The van der Waals surface area contributed by atoms with Gasteiger partial charge in [0, 0.05) is 5.39 Å². The van der Waals surface area contributed by atoms with Gasteiger partial charge in [0.1, 0.15) is 5.82 Å². The molecule has 1 aromatic heterocycles. The first kappa shape index (κ1) is 8.75. The molecule has 0 aliphatic carbocycles. The zero-order valence-corrected chi connectivity index (χ0v) is 7.90. The molecule has 2 N–H and O–H groups in total. The smallest absolute Gasteiger partial charge is 0.124 e. The molecular weight excluding hydrogens is 172 g/mol. The van der Waals surface area contributed by atoms with Crippen LogP contribution < -0.4 is 5.73 Å². The van der Waals surface area contributed by atoms with Crippen LogP contribution in [0.1, 0.15) is 5.56 Å². The van der Waals surface area contributed by atoms with Gasteiger partial charge in [-0.25, -0.2) is 4.98 Å². The number of rotatable bonds is 2. The molecule has 0 fully saturated rings. The number of anilines is 1. The fraction of sp³-hybridized carbons (Fsp3) is 0.0833. The van der Waals surface area contributed by atoms with Crippen LogP contribution in [0.5, 0.6) is 0 Å². The van der Waals surface area contributed by atoms with Crippen LogP contribution in [0.3, 0.4) is 0 Å². The fourth-order valence-electron chi connectivity index (χ4n) is 1.59. The molecule has 0 aliphatic heterocycles. The lowest BCUT2D eigenvalue weighted by Crippen LogP contribution is -1.94. The molecule has 0 bridgehead atoms. The van der Waals surface area contributed by atoms with Crippen molar-refractivity contribution in [3.05, 3.63) is 48.6 Å². The highest BCUT2D eigenvalue weighted by Crippen LogP contribution is 2.19. The summed E-state index contributed by atoms with van der Waals surface area (Å²) in [5, 5.41) is 1.15. The molecule has 0 unspecified atom stereocenters. The summed E-state index contributed by atoms with van der Waals surface area (Å²) in [6.45, 7) is 3.73. The number of pyridine rings is 1. The summed E-state index contributed by atoms with van der Waals surface area (Å²) in [5.74, 6) is 0.570. The predicted octanol–water partition coefficient (Wildman–Crippen LogP) is 2.55. The van der Waals surface area contributed by atoms with Gasteiger partial charge in [-0.05, 0) is 24.1 Å². The molecule has 0 saturated heterocycles. The largest absolute Gasteiger partial charge is 0.384 e. The lowest BCUT2D eigenvalue weighted by atomic mass is 10.1. The molecule has 14 heavy (non-hydrogen) atoms. The van der Waals surface area contributed by atoms with Crippen molar-refractivity contribution in [3.63, 3.8) is 0 Å². The van der Waals surface area contributed by atoms with Crippen molar-refractivity contribution in [2.24, 2.45) is 0 Å². The normalized spacial score (nSPS) is 10.3. The minimum atomic E-state index is 0.570. The maximum atomic E-state index is 5.71. The number of aromatic nitrogens is 1. The van der Waals surface area contributed by atoms with E-state index in [1.54, 1.807) is 0 Å². The zero-order chi connectivity index (χ0) is 9.97. The molecule has 0 saturated carbocycles. The highest BCUT2D eigenvalue weighted by Gasteiger charge is 2.01. The standard InChI is InChI=1S/C12H12N2/c1-2-5-9-8-12(13)14-11-7-4-3-6-10(9)11/h2-4,6-8H,1,5H2,(H2,13,14). The van der Waals surface area contributed by atoms with Crippen molar-refractivity contribution >= 4 is 16.7 Å². The van der Waals surface area contributed by atoms with E-state index < -0.39 is 0 Å². The average Bonchev–Trinajstić information content (AvgIpc) is 2.18. The van der Waals surface area contributed by atoms with E-state index in [9.17, 15) is 0 Å². The topological polar surface area (TPSA) is 38.9 Å². The van der Waals surface area contributed by atoms with Crippen LogP contribution in [0.15, 0.2) is 43.0 Å². The Morgan fingerprint density at radius 3 is 2.93 bits per heavy atom. The quantitative estimate of drug-likeness (QED) is 0.728. The summed E-state index contributed by atoms with van der Waals surface area (Å²) < 4.78 is 0. The van der Waals surface area contributed by atoms with Gasteiger partial charge >= 0.3 is 0 Å². The van der Waals surface area contributed by atoms with Crippen LogP contribution in [-0.4, -0.2) is 4.98 Å². The summed E-state index contributed by atoms with van der Waals surface area (Å²) >= 11 is 0. The van der Waals surface area contributed by atoms with E-state index in [0.717, 1.165) is 17.3 Å². The molecule has 1 heterocycles. The number of nitrogens with zero attached hydrogens (tertiary/aromatic N) is 1. The summed E-state index contributed by atoms with van der Waals surface area (Å²) in [7, 11) is 0. The molecule has 2 heteroatoms. The Hall–Kier alpha value is -1.83. The predicted molar refractivity (Wildman–Crippen MR) is 60.1 cm³/mol. The summed E-state index contributed by atoms with van der Waals surface area (Å²) in [6, 6.07) is 9.90. The number of fused-ring (bicyclic) bond motifs is 1. The number of nitrogen functional groups attached to an aromatic ring is 1. The van der Waals surface area contributed by atoms with Crippen molar-refractivity contribution in [2.45, 2.75) is 6.42 Å². The number of benzene rings is 1. The van der Waals surface area contributed by atoms with Gasteiger partial charge in [0.25, 0.3) is 0 Å². The van der Waals surface area contributed by atoms with Crippen molar-refractivity contribution < 1.29 is 0 Å². The minimum absolute atomic E-state index is 0.570. The zero-order valence-electron chi connectivity index (χ0n) is 7.90. The van der Waals surface area contributed by atoms with E-state index in [1.807, 2.05) is 30.3 Å². The van der Waals surface area contributed by atoms with Gasteiger partial charge in [-0.1, -0.05) is 24.3 Å².